The summed E-state index contributed by atoms with van der Waals surface area (Å²) in [6.07, 6.45) is 3.17. The lowest BCUT2D eigenvalue weighted by Gasteiger charge is -2.21. The van der Waals surface area contributed by atoms with Crippen LogP contribution >= 0.6 is 15.9 Å². The van der Waals surface area contributed by atoms with Gasteiger partial charge in [0.25, 0.3) is 0 Å². The molecule has 14 heavy (non-hydrogen) atoms. The number of carbonyl (C=O) groups excluding carboxylic acids is 1. The fourth-order valence-corrected chi connectivity index (χ4v) is 1.39. The van der Waals surface area contributed by atoms with E-state index < -0.39 is 11.5 Å². The Labute approximate surface area is 90.6 Å². The van der Waals surface area contributed by atoms with E-state index in [4.69, 9.17) is 5.73 Å². The van der Waals surface area contributed by atoms with E-state index in [0.29, 0.717) is 5.56 Å². The molecule has 0 unspecified atom stereocenters. The fraction of sp³-hybridized carbons (Fsp3) is 0.333. The molecule has 0 amide bonds. The third-order valence-electron chi connectivity index (χ3n) is 1.91. The topological polar surface area (TPSA) is 65.2 Å². The molecule has 0 aliphatic carbocycles. The smallest absolute Gasteiger partial charge is 0.330 e. The molecular weight excluding hydrogens is 248 g/mol. The van der Waals surface area contributed by atoms with Gasteiger partial charge in [0, 0.05) is 22.4 Å². The highest BCUT2D eigenvalue weighted by Gasteiger charge is 2.32. The van der Waals surface area contributed by atoms with Crippen LogP contribution < -0.4 is 5.73 Å². The van der Waals surface area contributed by atoms with Gasteiger partial charge in [0.05, 0.1) is 7.11 Å². The predicted octanol–water partition coefficient (Wildman–Crippen LogP) is 1.19. The second-order valence-electron chi connectivity index (χ2n) is 3.09. The summed E-state index contributed by atoms with van der Waals surface area (Å²) in [5.41, 5.74) is 5.27. The molecule has 76 valence electrons. The van der Waals surface area contributed by atoms with Crippen LogP contribution in [0.4, 0.5) is 0 Å². The third kappa shape index (κ3) is 2.10. The first-order chi connectivity index (χ1) is 6.48. The molecule has 0 bridgehead atoms. The van der Waals surface area contributed by atoms with E-state index in [1.165, 1.54) is 7.11 Å². The third-order valence-corrected chi connectivity index (χ3v) is 2.35. The van der Waals surface area contributed by atoms with Gasteiger partial charge in [0.15, 0.2) is 0 Å². The Morgan fingerprint density at radius 1 is 1.64 bits per heavy atom. The first-order valence-corrected chi connectivity index (χ1v) is 4.76. The number of methoxy groups -OCH3 is 1. The van der Waals surface area contributed by atoms with Crippen LogP contribution in [-0.2, 0) is 15.1 Å². The predicted molar refractivity (Wildman–Crippen MR) is 55.5 cm³/mol. The molecule has 1 atom stereocenters. The van der Waals surface area contributed by atoms with Crippen LogP contribution in [0.1, 0.15) is 12.5 Å². The molecule has 1 aromatic heterocycles. The van der Waals surface area contributed by atoms with Crippen molar-refractivity contribution in [2.45, 2.75) is 12.5 Å². The summed E-state index contributed by atoms with van der Waals surface area (Å²) in [7, 11) is 1.30. The van der Waals surface area contributed by atoms with Crippen LogP contribution in [0.5, 0.6) is 0 Å². The van der Waals surface area contributed by atoms with E-state index in [2.05, 4.69) is 25.7 Å². The Hall–Kier alpha value is -0.940. The highest BCUT2D eigenvalue weighted by atomic mass is 79.9. The zero-order valence-corrected chi connectivity index (χ0v) is 9.54. The highest BCUT2D eigenvalue weighted by Crippen LogP contribution is 2.21. The number of esters is 1. The molecule has 0 aromatic carbocycles. The minimum Gasteiger partial charge on any atom is -0.467 e. The zero-order chi connectivity index (χ0) is 10.8. The normalized spacial score (nSPS) is 14.6. The molecule has 0 aliphatic heterocycles. The van der Waals surface area contributed by atoms with Crippen molar-refractivity contribution in [2.75, 3.05) is 7.11 Å². The molecule has 0 saturated heterocycles. The molecule has 2 N–H and O–H groups in total. The molecule has 4 nitrogen and oxygen atoms in total. The Kier molecular flexibility index (Phi) is 3.23. The number of hydrogen-bond acceptors (Lipinski definition) is 4. The quantitative estimate of drug-likeness (QED) is 0.810. The van der Waals surface area contributed by atoms with Crippen molar-refractivity contribution in [3.63, 3.8) is 0 Å². The van der Waals surface area contributed by atoms with E-state index in [1.807, 2.05) is 0 Å². The summed E-state index contributed by atoms with van der Waals surface area (Å²) in [4.78, 5) is 15.3. The van der Waals surface area contributed by atoms with Crippen molar-refractivity contribution in [3.05, 3.63) is 28.5 Å². The molecule has 0 fully saturated rings. The average Bonchev–Trinajstić information content (AvgIpc) is 2.16. The summed E-state index contributed by atoms with van der Waals surface area (Å²) in [5, 5.41) is 0. The van der Waals surface area contributed by atoms with Gasteiger partial charge in [-0.1, -0.05) is 0 Å². The summed E-state index contributed by atoms with van der Waals surface area (Å²) in [6.45, 7) is 1.59. The maximum atomic E-state index is 11.4. The van der Waals surface area contributed by atoms with Gasteiger partial charge in [-0.3, -0.25) is 4.98 Å². The summed E-state index contributed by atoms with van der Waals surface area (Å²) in [5.74, 6) is -0.489. The molecule has 0 radical (unpaired) electrons. The zero-order valence-electron chi connectivity index (χ0n) is 7.95. The SMILES string of the molecule is COC(=O)[C@](C)(N)c1cncc(Br)c1. The molecule has 0 spiro atoms. The highest BCUT2D eigenvalue weighted by molar-refractivity contribution is 9.10. The number of carbonyl (C=O) groups is 1. The standard InChI is InChI=1S/C9H11BrN2O2/c1-9(11,8(13)14-2)6-3-7(10)5-12-4-6/h3-5H,11H2,1-2H3/t9-/m1/s1. The number of pyridine rings is 1. The van der Waals surface area contributed by atoms with Crippen molar-refractivity contribution in [3.8, 4) is 0 Å². The average molecular weight is 259 g/mol. The number of hydrogen-bond donors (Lipinski definition) is 1. The van der Waals surface area contributed by atoms with Crippen LogP contribution in [0.15, 0.2) is 22.9 Å². The number of aromatic nitrogens is 1. The van der Waals surface area contributed by atoms with Crippen LogP contribution in [0.3, 0.4) is 0 Å². The minimum absolute atomic E-state index is 0.489. The lowest BCUT2D eigenvalue weighted by Crippen LogP contribution is -2.42. The molecule has 0 aliphatic rings. The van der Waals surface area contributed by atoms with Crippen LogP contribution in [0.25, 0.3) is 0 Å². The van der Waals surface area contributed by atoms with Crippen molar-refractivity contribution >= 4 is 21.9 Å². The maximum Gasteiger partial charge on any atom is 0.330 e. The first kappa shape index (κ1) is 11.1. The van der Waals surface area contributed by atoms with Gasteiger partial charge in [0.2, 0.25) is 0 Å². The monoisotopic (exact) mass is 258 g/mol. The van der Waals surface area contributed by atoms with Gasteiger partial charge in [-0.15, -0.1) is 0 Å². The van der Waals surface area contributed by atoms with Gasteiger partial charge >= 0.3 is 5.97 Å². The van der Waals surface area contributed by atoms with Crippen LogP contribution in [0.2, 0.25) is 0 Å². The summed E-state index contributed by atoms with van der Waals surface area (Å²) < 4.78 is 5.38. The second kappa shape index (κ2) is 4.06. The number of nitrogens with two attached hydrogens (primary N) is 1. The Balaban J connectivity index is 3.09. The number of nitrogens with zero attached hydrogens (tertiary/aromatic N) is 1. The number of ether oxygens (including phenoxy) is 1. The van der Waals surface area contributed by atoms with Crippen LogP contribution in [-0.4, -0.2) is 18.1 Å². The summed E-state index contributed by atoms with van der Waals surface area (Å²) in [6, 6.07) is 1.74. The van der Waals surface area contributed by atoms with Gasteiger partial charge in [0.1, 0.15) is 5.54 Å². The molecule has 1 aromatic rings. The van der Waals surface area contributed by atoms with Crippen molar-refractivity contribution < 1.29 is 9.53 Å². The van der Waals surface area contributed by atoms with E-state index in [0.717, 1.165) is 4.47 Å². The Bertz CT molecular complexity index is 352. The van der Waals surface area contributed by atoms with Gasteiger partial charge in [-0.25, -0.2) is 4.79 Å². The van der Waals surface area contributed by atoms with E-state index in [1.54, 1.807) is 25.4 Å². The second-order valence-corrected chi connectivity index (χ2v) is 4.00. The largest absolute Gasteiger partial charge is 0.467 e. The lowest BCUT2D eigenvalue weighted by molar-refractivity contribution is -0.146. The molecule has 1 rings (SSSR count). The van der Waals surface area contributed by atoms with Gasteiger partial charge < -0.3 is 10.5 Å². The van der Waals surface area contributed by atoms with Crippen molar-refractivity contribution in [2.24, 2.45) is 5.73 Å². The fourth-order valence-electron chi connectivity index (χ4n) is 1.03. The number of rotatable bonds is 2. The first-order valence-electron chi connectivity index (χ1n) is 3.97. The molecule has 1 heterocycles. The van der Waals surface area contributed by atoms with E-state index in [9.17, 15) is 4.79 Å². The Morgan fingerprint density at radius 3 is 2.79 bits per heavy atom. The number of halogens is 1. The van der Waals surface area contributed by atoms with Crippen molar-refractivity contribution in [1.29, 1.82) is 0 Å². The minimum atomic E-state index is -1.16. The molecular formula is C9H11BrN2O2. The van der Waals surface area contributed by atoms with E-state index in [-0.39, 0.29) is 0 Å². The molecule has 5 heteroatoms. The maximum absolute atomic E-state index is 11.4. The summed E-state index contributed by atoms with van der Waals surface area (Å²) >= 11 is 3.26. The van der Waals surface area contributed by atoms with Crippen LogP contribution in [0, 0.1) is 0 Å². The van der Waals surface area contributed by atoms with Crippen molar-refractivity contribution in [1.82, 2.24) is 4.98 Å². The Morgan fingerprint density at radius 2 is 2.29 bits per heavy atom. The lowest BCUT2D eigenvalue weighted by atomic mass is 9.95. The van der Waals surface area contributed by atoms with Gasteiger partial charge in [-0.2, -0.15) is 0 Å². The molecule has 0 saturated carbocycles. The van der Waals surface area contributed by atoms with Gasteiger partial charge in [-0.05, 0) is 28.9 Å². The van der Waals surface area contributed by atoms with E-state index >= 15 is 0 Å².